The average molecular weight is 331 g/mol. The van der Waals surface area contributed by atoms with Gasteiger partial charge in [-0.15, -0.1) is 0 Å². The van der Waals surface area contributed by atoms with Gasteiger partial charge in [-0.25, -0.2) is 0 Å². The van der Waals surface area contributed by atoms with Gasteiger partial charge < -0.3 is 0 Å². The zero-order valence-electron chi connectivity index (χ0n) is 1.16. The van der Waals surface area contributed by atoms with Gasteiger partial charge in [0.15, 0.2) is 17.4 Å². The van der Waals surface area contributed by atoms with Crippen LogP contribution < -0.4 is 0 Å². The first-order valence-electron chi connectivity index (χ1n) is 0. The predicted molar refractivity (Wildman–Crippen MR) is 9.94 cm³/mol. The monoisotopic (exact) mass is 331 g/mol. The molecule has 0 aliphatic heterocycles. The molecule has 0 saturated carbocycles. The molecule has 0 bridgehead atoms. The van der Waals surface area contributed by atoms with Gasteiger partial charge in [0, 0.05) is 61.2 Å². The number of rotatable bonds is 0. The number of hydrogen-bond acceptors (Lipinski definition) is 0. The quantitative estimate of drug-likeness (QED) is 0.490. The smallest absolute Gasteiger partial charge is 0 e. The summed E-state index contributed by atoms with van der Waals surface area (Å²) in [5, 5.41) is 0. The first kappa shape index (κ1) is 31.4. The second-order valence-corrected chi connectivity index (χ2v) is 0. The Morgan fingerprint density at radius 2 is 1.00 bits per heavy atom. The van der Waals surface area contributed by atoms with Gasteiger partial charge in [0.05, 0.1) is 0 Å². The SMILES string of the molecule is [AlH3].[Au].[Fe].[Ti]. The molecule has 1 radical (unpaired) electrons. The Morgan fingerprint density at radius 3 is 1.00 bits per heavy atom. The summed E-state index contributed by atoms with van der Waals surface area (Å²) in [7, 11) is 0. The third-order valence-corrected chi connectivity index (χ3v) is 0. The van der Waals surface area contributed by atoms with Crippen LogP contribution in [0.4, 0.5) is 0 Å². The van der Waals surface area contributed by atoms with Crippen LogP contribution in [0.15, 0.2) is 0 Å². The zero-order chi connectivity index (χ0) is 0. The molecule has 0 unspecified atom stereocenters. The van der Waals surface area contributed by atoms with Crippen molar-refractivity contribution in [2.24, 2.45) is 0 Å². The van der Waals surface area contributed by atoms with Crippen LogP contribution in [0.3, 0.4) is 0 Å². The van der Waals surface area contributed by atoms with Crippen molar-refractivity contribution in [3.05, 3.63) is 0 Å². The second-order valence-electron chi connectivity index (χ2n) is 0. The molecular formula is H3AlAuFeTi. The maximum absolute atomic E-state index is 0. The van der Waals surface area contributed by atoms with Gasteiger partial charge in [0.1, 0.15) is 0 Å². The minimum Gasteiger partial charge on any atom is 0 e. The fourth-order valence-corrected chi connectivity index (χ4v) is 0. The molecule has 0 spiro atoms. The third kappa shape index (κ3) is 8.82. The molecule has 4 heteroatoms. The molecular weight excluding hydrogens is 328 g/mol. The summed E-state index contributed by atoms with van der Waals surface area (Å²) in [6.45, 7) is 0. The van der Waals surface area contributed by atoms with Crippen molar-refractivity contribution < 1.29 is 61.2 Å². The van der Waals surface area contributed by atoms with Gasteiger partial charge in [0.25, 0.3) is 0 Å². The van der Waals surface area contributed by atoms with E-state index in [2.05, 4.69) is 0 Å². The Labute approximate surface area is 77.5 Å². The normalized spacial score (nSPS) is 0. The van der Waals surface area contributed by atoms with E-state index in [1.165, 1.54) is 0 Å². The molecule has 0 aromatic carbocycles. The van der Waals surface area contributed by atoms with Crippen LogP contribution >= 0.6 is 0 Å². The molecule has 0 atom stereocenters. The van der Waals surface area contributed by atoms with Crippen LogP contribution in [0.2, 0.25) is 0 Å². The first-order chi connectivity index (χ1) is 0. The minimum absolute atomic E-state index is 0. The van der Waals surface area contributed by atoms with Crippen LogP contribution in [0, 0.1) is 0 Å². The van der Waals surface area contributed by atoms with Gasteiger partial charge in [0.2, 0.25) is 0 Å². The fourth-order valence-electron chi connectivity index (χ4n) is 0. The maximum Gasteiger partial charge on any atom is 0.187 e. The molecule has 0 amide bonds. The first-order valence-corrected chi connectivity index (χ1v) is 0. The predicted octanol–water partition coefficient (Wildman–Crippen LogP) is -1.19. The van der Waals surface area contributed by atoms with E-state index in [0.717, 1.165) is 0 Å². The summed E-state index contributed by atoms with van der Waals surface area (Å²) in [4.78, 5) is 0. The van der Waals surface area contributed by atoms with Gasteiger partial charge in [-0.1, -0.05) is 0 Å². The fraction of sp³-hybridized carbons (Fsp3) is 0. The molecule has 0 aromatic heterocycles. The van der Waals surface area contributed by atoms with E-state index < -0.39 is 0 Å². The van der Waals surface area contributed by atoms with Gasteiger partial charge in [-0.05, 0) is 0 Å². The van der Waals surface area contributed by atoms with E-state index in [4.69, 9.17) is 0 Å². The Balaban J connectivity index is 0. The van der Waals surface area contributed by atoms with E-state index in [-0.39, 0.29) is 78.5 Å². The summed E-state index contributed by atoms with van der Waals surface area (Å²) < 4.78 is 0. The van der Waals surface area contributed by atoms with Crippen molar-refractivity contribution in [1.82, 2.24) is 0 Å². The van der Waals surface area contributed by atoms with E-state index in [1.807, 2.05) is 0 Å². The molecule has 0 aliphatic carbocycles. The van der Waals surface area contributed by atoms with E-state index in [1.54, 1.807) is 0 Å². The van der Waals surface area contributed by atoms with Crippen LogP contribution in [-0.4, -0.2) is 17.4 Å². The van der Waals surface area contributed by atoms with E-state index >= 15 is 0 Å². The van der Waals surface area contributed by atoms with Crippen molar-refractivity contribution in [3.8, 4) is 0 Å². The zero-order valence-corrected chi connectivity index (χ0v) is 5.99. The summed E-state index contributed by atoms with van der Waals surface area (Å²) in [5.74, 6) is 0. The topological polar surface area (TPSA) is 0 Å². The molecule has 0 N–H and O–H groups in total. The molecule has 0 aromatic rings. The molecule has 0 heterocycles. The third-order valence-electron chi connectivity index (χ3n) is 0. The van der Waals surface area contributed by atoms with Gasteiger partial charge >= 0.3 is 0 Å². The molecule has 0 fully saturated rings. The molecule has 29 valence electrons. The Bertz CT molecular complexity index is 8.00. The van der Waals surface area contributed by atoms with Crippen molar-refractivity contribution >= 4 is 17.4 Å². The summed E-state index contributed by atoms with van der Waals surface area (Å²) in [6, 6.07) is 0. The minimum atomic E-state index is 0. The van der Waals surface area contributed by atoms with Crippen LogP contribution in [-0.2, 0) is 61.2 Å². The van der Waals surface area contributed by atoms with Crippen molar-refractivity contribution in [1.29, 1.82) is 0 Å². The Hall–Kier alpha value is 2.51. The Kier molecular flexibility index (Phi) is 140. The average Bonchev–Trinajstić information content (AvgIpc) is 0. The van der Waals surface area contributed by atoms with Gasteiger partial charge in [-0.2, -0.15) is 0 Å². The standard InChI is InChI=1S/Al.Au.Fe.Ti.3H. The van der Waals surface area contributed by atoms with Crippen molar-refractivity contribution in [3.63, 3.8) is 0 Å². The Morgan fingerprint density at radius 1 is 1.00 bits per heavy atom. The van der Waals surface area contributed by atoms with E-state index in [0.29, 0.717) is 0 Å². The summed E-state index contributed by atoms with van der Waals surface area (Å²) in [5.41, 5.74) is 0. The van der Waals surface area contributed by atoms with Crippen molar-refractivity contribution in [2.45, 2.75) is 0 Å². The van der Waals surface area contributed by atoms with Crippen LogP contribution in [0.1, 0.15) is 0 Å². The number of hydrogen-bond donors (Lipinski definition) is 0. The van der Waals surface area contributed by atoms with Crippen LogP contribution in [0.5, 0.6) is 0 Å². The molecule has 0 saturated heterocycles. The van der Waals surface area contributed by atoms with Crippen molar-refractivity contribution in [2.75, 3.05) is 0 Å². The largest absolute Gasteiger partial charge is 0.187 e. The molecule has 0 rings (SSSR count). The summed E-state index contributed by atoms with van der Waals surface area (Å²) >= 11 is 0. The summed E-state index contributed by atoms with van der Waals surface area (Å²) in [6.07, 6.45) is 0. The molecule has 0 aliphatic rings. The maximum atomic E-state index is 0. The second kappa shape index (κ2) is 17.8. The van der Waals surface area contributed by atoms with E-state index in [9.17, 15) is 0 Å². The molecule has 4 heavy (non-hydrogen) atoms. The van der Waals surface area contributed by atoms with Gasteiger partial charge in [-0.3, -0.25) is 0 Å². The van der Waals surface area contributed by atoms with Crippen LogP contribution in [0.25, 0.3) is 0 Å². The molecule has 0 nitrogen and oxygen atoms in total.